The number of thiocarbonyl (C=S) groups is 1. The van der Waals surface area contributed by atoms with E-state index in [1.807, 2.05) is 37.3 Å². The lowest BCUT2D eigenvalue weighted by atomic mass is 10.1. The minimum absolute atomic E-state index is 0.0607. The maximum absolute atomic E-state index is 11.6. The molecule has 1 aliphatic rings. The van der Waals surface area contributed by atoms with Gasteiger partial charge in [0.05, 0.1) is 11.3 Å². The Bertz CT molecular complexity index is 461. The number of fused-ring (bicyclic) bond motifs is 1. The van der Waals surface area contributed by atoms with Gasteiger partial charge in [-0.15, -0.1) is 0 Å². The van der Waals surface area contributed by atoms with Crippen molar-refractivity contribution in [2.45, 2.75) is 0 Å². The first-order chi connectivity index (χ1) is 8.09. The molecule has 6 heteroatoms. The molecule has 0 fully saturated rings. The largest absolute Gasteiger partial charge is 0.354 e. The number of amides is 1. The molecule has 0 saturated heterocycles. The van der Waals surface area contributed by atoms with Gasteiger partial charge in [-0.1, -0.05) is 12.1 Å². The Labute approximate surface area is 105 Å². The quantitative estimate of drug-likeness (QED) is 0.713. The van der Waals surface area contributed by atoms with Gasteiger partial charge in [-0.3, -0.25) is 15.2 Å². The molecule has 0 radical (unpaired) electrons. The second kappa shape index (κ2) is 4.58. The number of hydrazine groups is 1. The van der Waals surface area contributed by atoms with Crippen molar-refractivity contribution >= 4 is 28.9 Å². The third kappa shape index (κ3) is 2.31. The second-order valence-electron chi connectivity index (χ2n) is 3.92. The number of nitrogens with one attached hydrogen (secondary N) is 2. The van der Waals surface area contributed by atoms with Crippen molar-refractivity contribution in [2.24, 2.45) is 0 Å². The van der Waals surface area contributed by atoms with E-state index in [0.717, 1.165) is 5.69 Å². The first-order valence-corrected chi connectivity index (χ1v) is 5.63. The Morgan fingerprint density at radius 1 is 1.47 bits per heavy atom. The Morgan fingerprint density at radius 3 is 2.88 bits per heavy atom. The molecular weight excluding hydrogens is 236 g/mol. The Kier molecular flexibility index (Phi) is 3.14. The Balaban J connectivity index is 2.24. The van der Waals surface area contributed by atoms with Gasteiger partial charge in [0.2, 0.25) is 0 Å². The van der Waals surface area contributed by atoms with Gasteiger partial charge in [0.1, 0.15) is 6.67 Å². The second-order valence-corrected chi connectivity index (χ2v) is 4.31. The Morgan fingerprint density at radius 2 is 2.18 bits per heavy atom. The molecule has 1 heterocycles. The van der Waals surface area contributed by atoms with Gasteiger partial charge in [0.15, 0.2) is 5.11 Å². The van der Waals surface area contributed by atoms with Crippen molar-refractivity contribution in [1.29, 1.82) is 0 Å². The van der Waals surface area contributed by atoms with Crippen LogP contribution in [-0.4, -0.2) is 36.7 Å². The number of anilines is 1. The third-order valence-electron chi connectivity index (χ3n) is 2.47. The van der Waals surface area contributed by atoms with Crippen LogP contribution in [0.25, 0.3) is 0 Å². The predicted octanol–water partition coefficient (Wildman–Crippen LogP) is 0.545. The molecule has 0 unspecified atom stereocenters. The van der Waals surface area contributed by atoms with Crippen LogP contribution in [0.2, 0.25) is 0 Å². The number of benzene rings is 1. The SMILES string of the molecule is CN(C)C(=S)NN1CNC(=O)c2ccccc21. The zero-order valence-electron chi connectivity index (χ0n) is 9.73. The van der Waals surface area contributed by atoms with E-state index < -0.39 is 0 Å². The van der Waals surface area contributed by atoms with Crippen molar-refractivity contribution in [3.05, 3.63) is 29.8 Å². The fraction of sp³-hybridized carbons (Fsp3) is 0.273. The lowest BCUT2D eigenvalue weighted by Gasteiger charge is -2.33. The molecule has 1 aromatic carbocycles. The van der Waals surface area contributed by atoms with E-state index in [0.29, 0.717) is 17.3 Å². The number of carbonyl (C=O) groups is 1. The number of para-hydroxylation sites is 1. The summed E-state index contributed by atoms with van der Waals surface area (Å²) >= 11 is 5.18. The monoisotopic (exact) mass is 250 g/mol. The maximum Gasteiger partial charge on any atom is 0.254 e. The van der Waals surface area contributed by atoms with Crippen LogP contribution in [0.5, 0.6) is 0 Å². The standard InChI is InChI=1S/C11H14N4OS/c1-14(2)11(17)13-15-7-12-10(16)8-5-3-4-6-9(8)15/h3-6H,7H2,1-2H3,(H,12,16)(H,13,17). The highest BCUT2D eigenvalue weighted by atomic mass is 32.1. The average Bonchev–Trinajstić information content (AvgIpc) is 2.33. The normalized spacial score (nSPS) is 13.8. The van der Waals surface area contributed by atoms with E-state index in [2.05, 4.69) is 10.7 Å². The number of rotatable bonds is 1. The van der Waals surface area contributed by atoms with Gasteiger partial charge in [0, 0.05) is 14.1 Å². The summed E-state index contributed by atoms with van der Waals surface area (Å²) < 4.78 is 0. The van der Waals surface area contributed by atoms with Crippen molar-refractivity contribution in [2.75, 3.05) is 25.8 Å². The number of carbonyl (C=O) groups excluding carboxylic acids is 1. The fourth-order valence-corrected chi connectivity index (χ4v) is 1.66. The minimum Gasteiger partial charge on any atom is -0.354 e. The maximum atomic E-state index is 11.6. The average molecular weight is 250 g/mol. The molecule has 1 aliphatic heterocycles. The first-order valence-electron chi connectivity index (χ1n) is 5.22. The van der Waals surface area contributed by atoms with E-state index in [1.54, 1.807) is 11.0 Å². The van der Waals surface area contributed by atoms with Crippen molar-refractivity contribution < 1.29 is 4.79 Å². The molecule has 0 aliphatic carbocycles. The first kappa shape index (κ1) is 11.7. The van der Waals surface area contributed by atoms with Crippen molar-refractivity contribution in [1.82, 2.24) is 15.6 Å². The molecule has 0 bridgehead atoms. The summed E-state index contributed by atoms with van der Waals surface area (Å²) in [6.07, 6.45) is 0. The van der Waals surface area contributed by atoms with Crippen LogP contribution in [0.15, 0.2) is 24.3 Å². The van der Waals surface area contributed by atoms with E-state index >= 15 is 0 Å². The molecule has 0 spiro atoms. The summed E-state index contributed by atoms with van der Waals surface area (Å²) in [6, 6.07) is 7.41. The number of hydrogen-bond acceptors (Lipinski definition) is 3. The molecular formula is C11H14N4OS. The summed E-state index contributed by atoms with van der Waals surface area (Å²) in [4.78, 5) is 13.4. The van der Waals surface area contributed by atoms with E-state index in [4.69, 9.17) is 12.2 Å². The highest BCUT2D eigenvalue weighted by Gasteiger charge is 2.22. The summed E-state index contributed by atoms with van der Waals surface area (Å²) in [6.45, 7) is 0.393. The van der Waals surface area contributed by atoms with Crippen LogP contribution in [0.3, 0.4) is 0 Å². The lowest BCUT2D eigenvalue weighted by molar-refractivity contribution is 0.0946. The van der Waals surface area contributed by atoms with E-state index in [-0.39, 0.29) is 5.91 Å². The summed E-state index contributed by atoms with van der Waals surface area (Å²) in [5.41, 5.74) is 4.55. The van der Waals surface area contributed by atoms with Gasteiger partial charge in [-0.05, 0) is 24.4 Å². The molecule has 0 aromatic heterocycles. The molecule has 1 aromatic rings. The molecule has 17 heavy (non-hydrogen) atoms. The molecule has 90 valence electrons. The highest BCUT2D eigenvalue weighted by Crippen LogP contribution is 2.21. The van der Waals surface area contributed by atoms with Crippen LogP contribution in [0, 0.1) is 0 Å². The summed E-state index contributed by atoms with van der Waals surface area (Å²) in [7, 11) is 3.73. The molecule has 2 rings (SSSR count). The van der Waals surface area contributed by atoms with Crippen LogP contribution in [0.1, 0.15) is 10.4 Å². The Hall–Kier alpha value is -1.82. The van der Waals surface area contributed by atoms with Crippen molar-refractivity contribution in [3.63, 3.8) is 0 Å². The van der Waals surface area contributed by atoms with Gasteiger partial charge < -0.3 is 10.2 Å². The summed E-state index contributed by atoms with van der Waals surface area (Å²) in [5.74, 6) is -0.0607. The molecule has 2 N–H and O–H groups in total. The molecule has 5 nitrogen and oxygen atoms in total. The zero-order valence-corrected chi connectivity index (χ0v) is 10.5. The van der Waals surface area contributed by atoms with E-state index in [1.165, 1.54) is 0 Å². The number of nitrogens with zero attached hydrogens (tertiary/aromatic N) is 2. The van der Waals surface area contributed by atoms with Crippen molar-refractivity contribution in [3.8, 4) is 0 Å². The van der Waals surface area contributed by atoms with E-state index in [9.17, 15) is 4.79 Å². The zero-order chi connectivity index (χ0) is 12.4. The van der Waals surface area contributed by atoms with Gasteiger partial charge in [-0.25, -0.2) is 0 Å². The predicted molar refractivity (Wildman–Crippen MR) is 70.7 cm³/mol. The summed E-state index contributed by atoms with van der Waals surface area (Å²) in [5, 5.41) is 5.19. The fourth-order valence-electron chi connectivity index (χ4n) is 1.55. The lowest BCUT2D eigenvalue weighted by Crippen LogP contribution is -2.54. The van der Waals surface area contributed by atoms with Gasteiger partial charge in [0.25, 0.3) is 5.91 Å². The van der Waals surface area contributed by atoms with Crippen LogP contribution < -0.4 is 15.8 Å². The van der Waals surface area contributed by atoms with Crippen LogP contribution >= 0.6 is 12.2 Å². The molecule has 0 atom stereocenters. The molecule has 0 saturated carbocycles. The van der Waals surface area contributed by atoms with Crippen LogP contribution in [-0.2, 0) is 0 Å². The highest BCUT2D eigenvalue weighted by molar-refractivity contribution is 7.80. The minimum atomic E-state index is -0.0607. The number of hydrogen-bond donors (Lipinski definition) is 2. The van der Waals surface area contributed by atoms with Gasteiger partial charge >= 0.3 is 0 Å². The smallest absolute Gasteiger partial charge is 0.254 e. The van der Waals surface area contributed by atoms with Crippen LogP contribution in [0.4, 0.5) is 5.69 Å². The topological polar surface area (TPSA) is 47.6 Å². The third-order valence-corrected chi connectivity index (χ3v) is 2.93. The van der Waals surface area contributed by atoms with Gasteiger partial charge in [-0.2, -0.15) is 0 Å². The molecule has 1 amide bonds.